The molecule has 17 heavy (non-hydrogen) atoms. The zero-order chi connectivity index (χ0) is 11.8. The van der Waals surface area contributed by atoms with Crippen LogP contribution in [0.1, 0.15) is 5.56 Å². The van der Waals surface area contributed by atoms with E-state index < -0.39 is 0 Å². The third-order valence-electron chi connectivity index (χ3n) is 2.29. The molecule has 1 aromatic carbocycles. The molecule has 0 fully saturated rings. The molecule has 0 atom stereocenters. The zero-order valence-corrected chi connectivity index (χ0v) is 9.32. The lowest BCUT2D eigenvalue weighted by Crippen LogP contribution is -2.23. The monoisotopic (exact) mass is 247 g/mol. The molecule has 0 aliphatic rings. The van der Waals surface area contributed by atoms with Crippen LogP contribution in [0.15, 0.2) is 35.4 Å². The van der Waals surface area contributed by atoms with E-state index in [0.29, 0.717) is 9.49 Å². The fourth-order valence-electron chi connectivity index (χ4n) is 1.49. The molecule has 0 unspecified atom stereocenters. The summed E-state index contributed by atoms with van der Waals surface area (Å²) in [6, 6.07) is 5.94. The van der Waals surface area contributed by atoms with Gasteiger partial charge < -0.3 is 0 Å². The molecule has 0 aliphatic carbocycles. The van der Waals surface area contributed by atoms with Gasteiger partial charge in [0.1, 0.15) is 12.1 Å². The topological polar surface area (TPSA) is 47.3 Å². The Hall–Kier alpha value is -2.08. The molecule has 3 aromatic rings. The van der Waals surface area contributed by atoms with E-state index in [-0.39, 0.29) is 11.4 Å². The molecule has 0 amide bonds. The van der Waals surface area contributed by atoms with Crippen molar-refractivity contribution in [3.05, 3.63) is 56.9 Å². The molecule has 6 heteroatoms. The minimum atomic E-state index is -0.299. The van der Waals surface area contributed by atoms with Crippen molar-refractivity contribution in [3.63, 3.8) is 0 Å². The summed E-state index contributed by atoms with van der Waals surface area (Å²) < 4.78 is 14.5. The van der Waals surface area contributed by atoms with Crippen LogP contribution in [0.2, 0.25) is 0 Å². The summed E-state index contributed by atoms with van der Waals surface area (Å²) >= 11 is 1.26. The lowest BCUT2D eigenvalue weighted by atomic mass is 10.2. The minimum absolute atomic E-state index is 0.202. The molecule has 84 valence electrons. The second-order valence-electron chi connectivity index (χ2n) is 3.42. The van der Waals surface area contributed by atoms with Crippen molar-refractivity contribution in [1.29, 1.82) is 0 Å². The van der Waals surface area contributed by atoms with E-state index in [9.17, 15) is 9.18 Å². The van der Waals surface area contributed by atoms with Crippen LogP contribution < -0.4 is 10.1 Å². The van der Waals surface area contributed by atoms with E-state index in [1.54, 1.807) is 18.2 Å². The van der Waals surface area contributed by atoms with Gasteiger partial charge in [-0.05, 0) is 23.8 Å². The number of thiazole rings is 1. The molecule has 0 bridgehead atoms. The average Bonchev–Trinajstić information content (AvgIpc) is 2.87. The van der Waals surface area contributed by atoms with Gasteiger partial charge >= 0.3 is 0 Å². The van der Waals surface area contributed by atoms with E-state index in [1.165, 1.54) is 34.3 Å². The van der Waals surface area contributed by atoms with Crippen molar-refractivity contribution in [2.45, 2.75) is 0 Å². The Balaban J connectivity index is 2.20. The van der Waals surface area contributed by atoms with Crippen molar-refractivity contribution in [2.24, 2.45) is 0 Å². The molecule has 0 saturated heterocycles. The molecule has 0 N–H and O–H groups in total. The normalized spacial score (nSPS) is 12.4. The number of hydrogen-bond acceptors (Lipinski definition) is 4. The van der Waals surface area contributed by atoms with Crippen LogP contribution in [0.25, 0.3) is 11.0 Å². The number of aromatic nitrogens is 3. The van der Waals surface area contributed by atoms with Crippen molar-refractivity contribution < 1.29 is 4.39 Å². The number of nitrogens with zero attached hydrogens (tertiary/aromatic N) is 3. The summed E-state index contributed by atoms with van der Waals surface area (Å²) in [5, 5.41) is 3.82. The van der Waals surface area contributed by atoms with Gasteiger partial charge in [0, 0.05) is 0 Å². The molecular weight excluding hydrogens is 241 g/mol. The molecular formula is C11H6FN3OS. The van der Waals surface area contributed by atoms with Gasteiger partial charge in [-0.2, -0.15) is 9.61 Å². The molecule has 4 nitrogen and oxygen atoms in total. The highest BCUT2D eigenvalue weighted by Crippen LogP contribution is 2.04. The third kappa shape index (κ3) is 1.72. The molecule has 2 aromatic heterocycles. The number of halogens is 1. The molecule has 0 spiro atoms. The number of hydrogen-bond donors (Lipinski definition) is 0. The minimum Gasteiger partial charge on any atom is -0.266 e. The highest BCUT2D eigenvalue weighted by atomic mass is 32.1. The maximum atomic E-state index is 12.7. The average molecular weight is 247 g/mol. The second kappa shape index (κ2) is 3.74. The van der Waals surface area contributed by atoms with Crippen LogP contribution in [-0.2, 0) is 0 Å². The van der Waals surface area contributed by atoms with Gasteiger partial charge in [0.2, 0.25) is 4.96 Å². The van der Waals surface area contributed by atoms with Crippen LogP contribution in [-0.4, -0.2) is 14.6 Å². The summed E-state index contributed by atoms with van der Waals surface area (Å²) in [4.78, 5) is 16.3. The van der Waals surface area contributed by atoms with Gasteiger partial charge in [0.05, 0.1) is 4.53 Å². The maximum Gasteiger partial charge on any atom is 0.291 e. The van der Waals surface area contributed by atoms with Crippen LogP contribution in [0.5, 0.6) is 0 Å². The quantitative estimate of drug-likeness (QED) is 0.640. The predicted molar refractivity (Wildman–Crippen MR) is 62.3 cm³/mol. The van der Waals surface area contributed by atoms with Crippen molar-refractivity contribution in [1.82, 2.24) is 14.6 Å². The first-order valence-corrected chi connectivity index (χ1v) is 5.65. The van der Waals surface area contributed by atoms with Gasteiger partial charge in [-0.3, -0.25) is 4.79 Å². The Morgan fingerprint density at radius 2 is 2.06 bits per heavy atom. The fourth-order valence-corrected chi connectivity index (χ4v) is 2.37. The SMILES string of the molecule is O=c1/c(=C/c2ccc(F)cc2)sc2ncnn12. The first-order chi connectivity index (χ1) is 8.24. The Labute approximate surface area is 98.7 Å². The maximum absolute atomic E-state index is 12.7. The molecule has 2 heterocycles. The third-order valence-corrected chi connectivity index (χ3v) is 3.26. The van der Waals surface area contributed by atoms with Crippen molar-refractivity contribution >= 4 is 22.4 Å². The second-order valence-corrected chi connectivity index (χ2v) is 4.43. The van der Waals surface area contributed by atoms with Gasteiger partial charge in [-0.25, -0.2) is 9.37 Å². The van der Waals surface area contributed by atoms with Crippen molar-refractivity contribution in [2.75, 3.05) is 0 Å². The van der Waals surface area contributed by atoms with Gasteiger partial charge in [-0.15, -0.1) is 0 Å². The molecule has 3 rings (SSSR count). The standard InChI is InChI=1S/C11H6FN3OS/c12-8-3-1-7(2-4-8)5-9-10(16)15-11(17-9)13-6-14-15/h1-6H/b9-5-. The first kappa shape index (κ1) is 10.1. The highest BCUT2D eigenvalue weighted by molar-refractivity contribution is 7.15. The van der Waals surface area contributed by atoms with E-state index in [4.69, 9.17) is 0 Å². The van der Waals surface area contributed by atoms with Gasteiger partial charge in [0.25, 0.3) is 5.56 Å². The molecule has 0 aliphatic heterocycles. The Kier molecular flexibility index (Phi) is 2.22. The lowest BCUT2D eigenvalue weighted by molar-refractivity contribution is 0.628. The smallest absolute Gasteiger partial charge is 0.266 e. The van der Waals surface area contributed by atoms with Crippen LogP contribution in [0.3, 0.4) is 0 Å². The number of fused-ring (bicyclic) bond motifs is 1. The summed E-state index contributed by atoms with van der Waals surface area (Å²) in [6.07, 6.45) is 3.04. The number of benzene rings is 1. The van der Waals surface area contributed by atoms with E-state index in [0.717, 1.165) is 5.56 Å². The van der Waals surface area contributed by atoms with E-state index in [2.05, 4.69) is 10.1 Å². The fraction of sp³-hybridized carbons (Fsp3) is 0. The summed E-state index contributed by atoms with van der Waals surface area (Å²) in [5.41, 5.74) is 0.569. The summed E-state index contributed by atoms with van der Waals surface area (Å²) in [7, 11) is 0. The van der Waals surface area contributed by atoms with Crippen LogP contribution in [0.4, 0.5) is 4.39 Å². The van der Waals surface area contributed by atoms with E-state index in [1.807, 2.05) is 0 Å². The summed E-state index contributed by atoms with van der Waals surface area (Å²) in [6.45, 7) is 0. The largest absolute Gasteiger partial charge is 0.291 e. The predicted octanol–water partition coefficient (Wildman–Crippen LogP) is 0.838. The highest BCUT2D eigenvalue weighted by Gasteiger charge is 2.04. The zero-order valence-electron chi connectivity index (χ0n) is 8.50. The van der Waals surface area contributed by atoms with Crippen molar-refractivity contribution in [3.8, 4) is 0 Å². The van der Waals surface area contributed by atoms with Crippen LogP contribution in [0, 0.1) is 5.82 Å². The molecule has 0 saturated carbocycles. The number of rotatable bonds is 1. The van der Waals surface area contributed by atoms with Gasteiger partial charge in [-0.1, -0.05) is 23.5 Å². The lowest BCUT2D eigenvalue weighted by Gasteiger charge is -1.90. The van der Waals surface area contributed by atoms with E-state index >= 15 is 0 Å². The van der Waals surface area contributed by atoms with Gasteiger partial charge in [0.15, 0.2) is 0 Å². The summed E-state index contributed by atoms with van der Waals surface area (Å²) in [5.74, 6) is -0.299. The Morgan fingerprint density at radius 1 is 1.29 bits per heavy atom. The molecule has 0 radical (unpaired) electrons. The Bertz CT molecular complexity index is 775. The Morgan fingerprint density at radius 3 is 2.76 bits per heavy atom. The first-order valence-electron chi connectivity index (χ1n) is 4.84. The van der Waals surface area contributed by atoms with Crippen LogP contribution >= 0.6 is 11.3 Å².